The summed E-state index contributed by atoms with van der Waals surface area (Å²) in [4.78, 5) is 8.49. The summed E-state index contributed by atoms with van der Waals surface area (Å²) < 4.78 is 2.63. The second-order valence-corrected chi connectivity index (χ2v) is 5.80. The Morgan fingerprint density at radius 3 is 2.85 bits per heavy atom. The minimum atomic E-state index is 0.628. The molecule has 3 aromatic heterocycles. The summed E-state index contributed by atoms with van der Waals surface area (Å²) in [6, 6.07) is 3.85. The average molecular weight is 303 g/mol. The van der Waals surface area contributed by atoms with Gasteiger partial charge in [0.05, 0.1) is 10.7 Å². The van der Waals surface area contributed by atoms with Crippen molar-refractivity contribution >= 4 is 23.6 Å². The summed E-state index contributed by atoms with van der Waals surface area (Å²) in [5.74, 6) is 0.837. The molecule has 0 unspecified atom stereocenters. The number of thiazole rings is 1. The maximum absolute atomic E-state index is 5.30. The van der Waals surface area contributed by atoms with Crippen molar-refractivity contribution in [3.8, 4) is 11.4 Å². The van der Waals surface area contributed by atoms with E-state index in [2.05, 4.69) is 25.5 Å². The molecule has 0 radical (unpaired) electrons. The number of aromatic amines is 1. The number of nitrogens with zero attached hydrogens (tertiary/aromatic N) is 4. The molecular weight excluding hydrogens is 290 g/mol. The molecule has 3 aromatic rings. The van der Waals surface area contributed by atoms with Gasteiger partial charge in [0.25, 0.3) is 0 Å². The monoisotopic (exact) mass is 303 g/mol. The average Bonchev–Trinajstić information content (AvgIpc) is 3.04. The lowest BCUT2D eigenvalue weighted by Crippen LogP contribution is -2.04. The van der Waals surface area contributed by atoms with E-state index in [9.17, 15) is 0 Å². The highest BCUT2D eigenvalue weighted by atomic mass is 32.1. The fourth-order valence-electron chi connectivity index (χ4n) is 2.00. The van der Waals surface area contributed by atoms with Gasteiger partial charge in [0.1, 0.15) is 0 Å². The van der Waals surface area contributed by atoms with Crippen molar-refractivity contribution in [2.75, 3.05) is 0 Å². The van der Waals surface area contributed by atoms with Gasteiger partial charge in [-0.1, -0.05) is 0 Å². The van der Waals surface area contributed by atoms with E-state index in [4.69, 9.17) is 12.2 Å². The van der Waals surface area contributed by atoms with Crippen molar-refractivity contribution in [3.63, 3.8) is 0 Å². The van der Waals surface area contributed by atoms with E-state index < -0.39 is 0 Å². The van der Waals surface area contributed by atoms with Crippen LogP contribution in [0.1, 0.15) is 10.7 Å². The molecule has 0 amide bonds. The van der Waals surface area contributed by atoms with Crippen LogP contribution in [0, 0.1) is 11.7 Å². The zero-order valence-corrected chi connectivity index (χ0v) is 12.5. The predicted molar refractivity (Wildman–Crippen MR) is 81.2 cm³/mol. The molecule has 0 saturated carbocycles. The van der Waals surface area contributed by atoms with Crippen molar-refractivity contribution in [2.24, 2.45) is 0 Å². The van der Waals surface area contributed by atoms with Gasteiger partial charge in [-0.25, -0.2) is 4.98 Å². The smallest absolute Gasteiger partial charge is 0.195 e. The Labute approximate surface area is 125 Å². The molecular formula is C13H13N5S2. The number of hydrogen-bond acceptors (Lipinski definition) is 5. The second kappa shape index (κ2) is 5.64. The molecule has 0 aromatic carbocycles. The number of H-pyrrole nitrogens is 1. The van der Waals surface area contributed by atoms with E-state index in [0.717, 1.165) is 35.1 Å². The van der Waals surface area contributed by atoms with Crippen LogP contribution in [0.3, 0.4) is 0 Å². The fourth-order valence-corrected chi connectivity index (χ4v) is 2.87. The first-order valence-corrected chi connectivity index (χ1v) is 7.49. The van der Waals surface area contributed by atoms with Crippen molar-refractivity contribution in [3.05, 3.63) is 45.4 Å². The summed E-state index contributed by atoms with van der Waals surface area (Å²) in [6.45, 7) is 2.77. The van der Waals surface area contributed by atoms with Crippen LogP contribution in [-0.2, 0) is 13.0 Å². The molecule has 0 atom stereocenters. The number of aryl methyl sites for hydroxylation is 2. The summed E-state index contributed by atoms with van der Waals surface area (Å²) in [7, 11) is 0. The highest BCUT2D eigenvalue weighted by Gasteiger charge is 2.09. The van der Waals surface area contributed by atoms with E-state index in [0.29, 0.717) is 4.77 Å². The van der Waals surface area contributed by atoms with E-state index in [1.54, 1.807) is 23.7 Å². The Balaban J connectivity index is 1.86. The third-order valence-electron chi connectivity index (χ3n) is 2.95. The molecule has 0 aliphatic heterocycles. The highest BCUT2D eigenvalue weighted by Crippen LogP contribution is 2.17. The van der Waals surface area contributed by atoms with Gasteiger partial charge in [0, 0.05) is 36.3 Å². The SMILES string of the molecule is Cc1nc(CCn2c(-c3ccncc3)n[nH]c2=S)cs1. The Kier molecular flexibility index (Phi) is 3.70. The van der Waals surface area contributed by atoms with Gasteiger partial charge in [-0.3, -0.25) is 14.6 Å². The molecule has 3 heterocycles. The lowest BCUT2D eigenvalue weighted by molar-refractivity contribution is 0.683. The number of pyridine rings is 1. The van der Waals surface area contributed by atoms with Crippen LogP contribution in [0.5, 0.6) is 0 Å². The van der Waals surface area contributed by atoms with Crippen LogP contribution in [-0.4, -0.2) is 24.7 Å². The fraction of sp³-hybridized carbons (Fsp3) is 0.231. The zero-order chi connectivity index (χ0) is 13.9. The van der Waals surface area contributed by atoms with E-state index >= 15 is 0 Å². The molecule has 102 valence electrons. The van der Waals surface area contributed by atoms with Crippen molar-refractivity contribution in [1.29, 1.82) is 0 Å². The molecule has 7 heteroatoms. The van der Waals surface area contributed by atoms with Gasteiger partial charge in [-0.15, -0.1) is 11.3 Å². The first-order chi connectivity index (χ1) is 9.74. The Morgan fingerprint density at radius 2 is 2.15 bits per heavy atom. The predicted octanol–water partition coefficient (Wildman–Crippen LogP) is 3.01. The van der Waals surface area contributed by atoms with Crippen LogP contribution in [0.15, 0.2) is 29.9 Å². The van der Waals surface area contributed by atoms with E-state index in [-0.39, 0.29) is 0 Å². The number of hydrogen-bond donors (Lipinski definition) is 1. The van der Waals surface area contributed by atoms with Crippen molar-refractivity contribution < 1.29 is 0 Å². The van der Waals surface area contributed by atoms with Gasteiger partial charge < -0.3 is 0 Å². The molecule has 0 aliphatic carbocycles. The minimum Gasteiger partial charge on any atom is -0.300 e. The minimum absolute atomic E-state index is 0.628. The summed E-state index contributed by atoms with van der Waals surface area (Å²) in [6.07, 6.45) is 4.35. The third-order valence-corrected chi connectivity index (χ3v) is 4.09. The first kappa shape index (κ1) is 13.1. The quantitative estimate of drug-likeness (QED) is 0.753. The van der Waals surface area contributed by atoms with E-state index in [1.165, 1.54) is 0 Å². The van der Waals surface area contributed by atoms with Gasteiger partial charge in [-0.05, 0) is 31.3 Å². The van der Waals surface area contributed by atoms with Crippen LogP contribution >= 0.6 is 23.6 Å². The normalized spacial score (nSPS) is 10.8. The molecule has 3 rings (SSSR count). The Bertz CT molecular complexity index is 756. The van der Waals surface area contributed by atoms with Gasteiger partial charge in [0.15, 0.2) is 10.6 Å². The van der Waals surface area contributed by atoms with Crippen molar-refractivity contribution in [2.45, 2.75) is 19.9 Å². The van der Waals surface area contributed by atoms with Crippen molar-refractivity contribution in [1.82, 2.24) is 24.7 Å². The van der Waals surface area contributed by atoms with Crippen LogP contribution in [0.4, 0.5) is 0 Å². The third kappa shape index (κ3) is 2.68. The van der Waals surface area contributed by atoms with E-state index in [1.807, 2.05) is 23.6 Å². The van der Waals surface area contributed by atoms with Gasteiger partial charge in [0.2, 0.25) is 0 Å². The topological polar surface area (TPSA) is 59.4 Å². The standard InChI is InChI=1S/C13H13N5S2/c1-9-15-11(8-20-9)4-7-18-12(16-17-13(18)19)10-2-5-14-6-3-10/h2-3,5-6,8H,4,7H2,1H3,(H,17,19). The maximum atomic E-state index is 5.30. The molecule has 0 fully saturated rings. The lowest BCUT2D eigenvalue weighted by Gasteiger charge is -2.05. The summed E-state index contributed by atoms with van der Waals surface area (Å²) in [5, 5.41) is 10.3. The van der Waals surface area contributed by atoms with Crippen LogP contribution < -0.4 is 0 Å². The summed E-state index contributed by atoms with van der Waals surface area (Å²) >= 11 is 6.97. The number of nitrogens with one attached hydrogen (secondary N) is 1. The first-order valence-electron chi connectivity index (χ1n) is 6.20. The molecule has 0 aliphatic rings. The highest BCUT2D eigenvalue weighted by molar-refractivity contribution is 7.71. The molecule has 1 N–H and O–H groups in total. The summed E-state index contributed by atoms with van der Waals surface area (Å²) in [5.41, 5.74) is 2.10. The van der Waals surface area contributed by atoms with Gasteiger partial charge in [-0.2, -0.15) is 5.10 Å². The van der Waals surface area contributed by atoms with Crippen LogP contribution in [0.2, 0.25) is 0 Å². The molecule has 0 saturated heterocycles. The molecule has 0 bridgehead atoms. The van der Waals surface area contributed by atoms with Crippen LogP contribution in [0.25, 0.3) is 11.4 Å². The lowest BCUT2D eigenvalue weighted by atomic mass is 10.2. The molecule has 0 spiro atoms. The second-order valence-electron chi connectivity index (χ2n) is 4.35. The number of aromatic nitrogens is 5. The number of rotatable bonds is 4. The Morgan fingerprint density at radius 1 is 1.35 bits per heavy atom. The molecule has 5 nitrogen and oxygen atoms in total. The largest absolute Gasteiger partial charge is 0.300 e. The Hall–Kier alpha value is -1.86. The zero-order valence-electron chi connectivity index (χ0n) is 10.9. The maximum Gasteiger partial charge on any atom is 0.195 e. The van der Waals surface area contributed by atoms with Gasteiger partial charge >= 0.3 is 0 Å². The molecule has 20 heavy (non-hydrogen) atoms.